The minimum atomic E-state index is -3.71. The van der Waals surface area contributed by atoms with Crippen molar-refractivity contribution in [1.29, 1.82) is 0 Å². The summed E-state index contributed by atoms with van der Waals surface area (Å²) in [6.07, 6.45) is 0.769. The van der Waals surface area contributed by atoms with Gasteiger partial charge in [0.05, 0.1) is 10.6 Å². The molecule has 5 rings (SSSR count). The van der Waals surface area contributed by atoms with Crippen LogP contribution in [0.5, 0.6) is 0 Å². The van der Waals surface area contributed by atoms with E-state index in [1.807, 2.05) is 106 Å². The molecule has 1 N–H and O–H groups in total. The van der Waals surface area contributed by atoms with Crippen LogP contribution >= 0.6 is 0 Å². The van der Waals surface area contributed by atoms with E-state index in [9.17, 15) is 18.0 Å². The van der Waals surface area contributed by atoms with Crippen LogP contribution in [0.2, 0.25) is 0 Å². The molecule has 218 valence electrons. The molecule has 4 aromatic rings. The Bertz CT molecular complexity index is 1680. The van der Waals surface area contributed by atoms with Gasteiger partial charge >= 0.3 is 0 Å². The average molecular weight is 584 g/mol. The van der Waals surface area contributed by atoms with Gasteiger partial charge in [0, 0.05) is 36.9 Å². The number of hydrogen-bond donors (Lipinski definition) is 1. The van der Waals surface area contributed by atoms with Gasteiger partial charge in [0.1, 0.15) is 6.04 Å². The van der Waals surface area contributed by atoms with Crippen LogP contribution in [-0.4, -0.2) is 43.3 Å². The summed E-state index contributed by atoms with van der Waals surface area (Å²) in [7, 11) is -3.71. The Morgan fingerprint density at radius 3 is 2.10 bits per heavy atom. The number of nitrogens with one attached hydrogen (secondary N) is 1. The zero-order chi connectivity index (χ0) is 29.9. The highest BCUT2D eigenvalue weighted by Crippen LogP contribution is 2.42. The second-order valence-corrected chi connectivity index (χ2v) is 13.6. The minimum absolute atomic E-state index is 0.0965. The third kappa shape index (κ3) is 6.34. The predicted octanol–water partition coefficient (Wildman–Crippen LogP) is 5.68. The van der Waals surface area contributed by atoms with Crippen molar-refractivity contribution in [3.63, 3.8) is 0 Å². The van der Waals surface area contributed by atoms with Crippen LogP contribution in [0.25, 0.3) is 10.8 Å². The topological polar surface area (TPSA) is 86.8 Å². The van der Waals surface area contributed by atoms with Gasteiger partial charge in [0.15, 0.2) is 0 Å². The van der Waals surface area contributed by atoms with Crippen molar-refractivity contribution in [2.45, 2.75) is 63.1 Å². The summed E-state index contributed by atoms with van der Waals surface area (Å²) in [5.41, 5.74) is 2.03. The zero-order valence-corrected chi connectivity index (χ0v) is 25.1. The van der Waals surface area contributed by atoms with E-state index in [0.717, 1.165) is 21.9 Å². The smallest absolute Gasteiger partial charge is 0.265 e. The SMILES string of the molecule is CC(C)(C)NC(=O)[C@H](Cc1ccccc1)N(Cc1ccccc1)C(=O)CCCN1c2cccc3cccc(c23)S1(=O)=O. The van der Waals surface area contributed by atoms with Crippen LogP contribution in [0.15, 0.2) is 102 Å². The number of rotatable bonds is 10. The monoisotopic (exact) mass is 583 g/mol. The molecule has 4 aromatic carbocycles. The highest BCUT2D eigenvalue weighted by Gasteiger charge is 2.36. The van der Waals surface area contributed by atoms with E-state index < -0.39 is 21.6 Å². The first-order chi connectivity index (χ1) is 20.0. The van der Waals surface area contributed by atoms with Gasteiger partial charge in [-0.15, -0.1) is 0 Å². The van der Waals surface area contributed by atoms with Gasteiger partial charge in [-0.25, -0.2) is 8.42 Å². The van der Waals surface area contributed by atoms with Crippen LogP contribution in [-0.2, 0) is 32.6 Å². The van der Waals surface area contributed by atoms with Crippen LogP contribution in [0.4, 0.5) is 5.69 Å². The third-order valence-electron chi connectivity index (χ3n) is 7.40. The molecule has 1 heterocycles. The quantitative estimate of drug-likeness (QED) is 0.260. The first kappa shape index (κ1) is 29.3. The molecule has 2 amide bonds. The van der Waals surface area contributed by atoms with Gasteiger partial charge in [0.2, 0.25) is 11.8 Å². The molecule has 1 aliphatic rings. The molecule has 0 fully saturated rings. The van der Waals surface area contributed by atoms with Crippen molar-refractivity contribution in [3.8, 4) is 0 Å². The molecule has 0 saturated carbocycles. The molecule has 0 spiro atoms. The second kappa shape index (κ2) is 12.0. The van der Waals surface area contributed by atoms with E-state index in [1.54, 1.807) is 17.0 Å². The van der Waals surface area contributed by atoms with Gasteiger partial charge in [0.25, 0.3) is 10.0 Å². The number of sulfonamides is 1. The van der Waals surface area contributed by atoms with Crippen molar-refractivity contribution in [2.75, 3.05) is 10.8 Å². The number of amides is 2. The van der Waals surface area contributed by atoms with Crippen LogP contribution in [0.1, 0.15) is 44.7 Å². The standard InChI is InChI=1S/C34H37N3O4S/c1-34(2,3)35-33(39)29(23-25-13-6-4-7-14-25)36(24-26-15-8-5-9-16-26)31(38)21-12-22-37-28-19-10-17-27-18-11-20-30(32(27)28)42(37,40)41/h4-11,13-20,29H,12,21-24H2,1-3H3,(H,35,39)/t29-/m0/s1. The molecule has 0 unspecified atom stereocenters. The van der Waals surface area contributed by atoms with Crippen molar-refractivity contribution < 1.29 is 18.0 Å². The lowest BCUT2D eigenvalue weighted by molar-refractivity contribution is -0.142. The maximum Gasteiger partial charge on any atom is 0.265 e. The molecule has 0 aromatic heterocycles. The Labute approximate surface area is 248 Å². The highest BCUT2D eigenvalue weighted by molar-refractivity contribution is 7.93. The van der Waals surface area contributed by atoms with Gasteiger partial charge in [-0.2, -0.15) is 0 Å². The number of anilines is 1. The van der Waals surface area contributed by atoms with Gasteiger partial charge in [-0.3, -0.25) is 13.9 Å². The van der Waals surface area contributed by atoms with Gasteiger partial charge < -0.3 is 10.2 Å². The normalized spacial score (nSPS) is 14.5. The largest absolute Gasteiger partial charge is 0.350 e. The first-order valence-electron chi connectivity index (χ1n) is 14.3. The van der Waals surface area contributed by atoms with Crippen molar-refractivity contribution in [2.24, 2.45) is 0 Å². The average Bonchev–Trinajstić information content (AvgIpc) is 3.18. The number of hydrogen-bond acceptors (Lipinski definition) is 4. The fourth-order valence-corrected chi connectivity index (χ4v) is 7.25. The zero-order valence-electron chi connectivity index (χ0n) is 24.3. The molecular weight excluding hydrogens is 546 g/mol. The Morgan fingerprint density at radius 2 is 1.45 bits per heavy atom. The lowest BCUT2D eigenvalue weighted by atomic mass is 10.00. The summed E-state index contributed by atoms with van der Waals surface area (Å²) in [4.78, 5) is 29.6. The molecule has 1 aliphatic heterocycles. The summed E-state index contributed by atoms with van der Waals surface area (Å²) in [5, 5.41) is 4.66. The molecule has 0 radical (unpaired) electrons. The second-order valence-electron chi connectivity index (χ2n) is 11.8. The van der Waals surface area contributed by atoms with Crippen molar-refractivity contribution >= 4 is 38.3 Å². The van der Waals surface area contributed by atoms with Crippen molar-refractivity contribution in [1.82, 2.24) is 10.2 Å². The molecule has 7 nitrogen and oxygen atoms in total. The fraction of sp³-hybridized carbons (Fsp3) is 0.294. The van der Waals surface area contributed by atoms with E-state index in [1.165, 1.54) is 4.31 Å². The summed E-state index contributed by atoms with van der Waals surface area (Å²) in [6, 6.07) is 29.4. The van der Waals surface area contributed by atoms with Gasteiger partial charge in [-0.05, 0) is 55.8 Å². The summed E-state index contributed by atoms with van der Waals surface area (Å²) >= 11 is 0. The number of nitrogens with zero attached hydrogens (tertiary/aromatic N) is 2. The molecule has 1 atom stereocenters. The minimum Gasteiger partial charge on any atom is -0.350 e. The summed E-state index contributed by atoms with van der Waals surface area (Å²) in [5.74, 6) is -0.420. The molecule has 8 heteroatoms. The Morgan fingerprint density at radius 1 is 0.833 bits per heavy atom. The molecule has 42 heavy (non-hydrogen) atoms. The highest BCUT2D eigenvalue weighted by atomic mass is 32.2. The van der Waals surface area contributed by atoms with Crippen LogP contribution < -0.4 is 9.62 Å². The molecule has 0 saturated heterocycles. The van der Waals surface area contributed by atoms with E-state index >= 15 is 0 Å². The predicted molar refractivity (Wildman–Crippen MR) is 167 cm³/mol. The fourth-order valence-electron chi connectivity index (χ4n) is 5.50. The van der Waals surface area contributed by atoms with Crippen molar-refractivity contribution in [3.05, 3.63) is 108 Å². The molecule has 0 aliphatic carbocycles. The lowest BCUT2D eigenvalue weighted by Crippen LogP contribution is -2.54. The summed E-state index contributed by atoms with van der Waals surface area (Å²) < 4.78 is 28.3. The first-order valence-corrected chi connectivity index (χ1v) is 15.7. The maximum absolute atomic E-state index is 14.0. The van der Waals surface area contributed by atoms with E-state index in [-0.39, 0.29) is 31.3 Å². The Balaban J connectivity index is 1.39. The number of carbonyl (C=O) groups excluding carboxylic acids is 2. The summed E-state index contributed by atoms with van der Waals surface area (Å²) in [6.45, 7) is 6.19. The molecule has 0 bridgehead atoms. The maximum atomic E-state index is 14.0. The van der Waals surface area contributed by atoms with Crippen LogP contribution in [0.3, 0.4) is 0 Å². The van der Waals surface area contributed by atoms with Gasteiger partial charge in [-0.1, -0.05) is 84.9 Å². The van der Waals surface area contributed by atoms with E-state index in [2.05, 4.69) is 5.32 Å². The number of benzene rings is 4. The van der Waals surface area contributed by atoms with Crippen LogP contribution in [0, 0.1) is 0 Å². The van der Waals surface area contributed by atoms with E-state index in [0.29, 0.717) is 23.4 Å². The van der Waals surface area contributed by atoms with E-state index in [4.69, 9.17) is 0 Å². The Kier molecular flexibility index (Phi) is 8.36. The number of carbonyl (C=O) groups is 2. The molecular formula is C34H37N3O4S. The third-order valence-corrected chi connectivity index (χ3v) is 9.25. The lowest BCUT2D eigenvalue weighted by Gasteiger charge is -2.34. The Hall–Kier alpha value is -4.17.